The third-order valence-corrected chi connectivity index (χ3v) is 11.4. The molecule has 1 aliphatic rings. The van der Waals surface area contributed by atoms with Gasteiger partial charge in [-0.05, 0) is 31.0 Å². The Morgan fingerprint density at radius 3 is 2.10 bits per heavy atom. The SMILES string of the molecule is CC(C)(C)[Si](C)(C)OCCC[C@H](O)C1OC1[Si](C)(C)C. The third kappa shape index (κ3) is 4.95. The molecular formula is C15H34O3Si2. The molecule has 1 saturated heterocycles. The minimum atomic E-state index is -1.64. The van der Waals surface area contributed by atoms with E-state index in [9.17, 15) is 5.11 Å². The monoisotopic (exact) mass is 318 g/mol. The molecule has 3 nitrogen and oxygen atoms in total. The summed E-state index contributed by atoms with van der Waals surface area (Å²) in [5.41, 5.74) is 0.346. The predicted octanol–water partition coefficient (Wildman–Crippen LogP) is 3.79. The minimum absolute atomic E-state index is 0.0922. The van der Waals surface area contributed by atoms with Gasteiger partial charge in [0.25, 0.3) is 0 Å². The molecule has 0 saturated carbocycles. The normalized spacial score (nSPS) is 25.6. The lowest BCUT2D eigenvalue weighted by atomic mass is 10.1. The van der Waals surface area contributed by atoms with Gasteiger partial charge < -0.3 is 14.3 Å². The Labute approximate surface area is 127 Å². The van der Waals surface area contributed by atoms with E-state index in [2.05, 4.69) is 53.5 Å². The molecule has 0 aromatic heterocycles. The molecule has 0 aromatic rings. The number of rotatable bonds is 7. The number of epoxide rings is 1. The fourth-order valence-electron chi connectivity index (χ4n) is 2.11. The van der Waals surface area contributed by atoms with Crippen molar-refractivity contribution in [3.05, 3.63) is 0 Å². The van der Waals surface area contributed by atoms with Crippen molar-refractivity contribution in [1.82, 2.24) is 0 Å². The van der Waals surface area contributed by atoms with Crippen LogP contribution in [0.3, 0.4) is 0 Å². The molecule has 0 aromatic carbocycles. The Hall–Kier alpha value is 0.314. The zero-order valence-corrected chi connectivity index (χ0v) is 16.6. The van der Waals surface area contributed by atoms with E-state index >= 15 is 0 Å². The first-order chi connectivity index (χ1) is 8.86. The van der Waals surface area contributed by atoms with Crippen LogP contribution in [-0.4, -0.2) is 46.0 Å². The fourth-order valence-corrected chi connectivity index (χ4v) is 4.97. The Bertz CT molecular complexity index is 318. The van der Waals surface area contributed by atoms with Crippen molar-refractivity contribution < 1.29 is 14.3 Å². The zero-order valence-electron chi connectivity index (χ0n) is 14.6. The number of hydrogen-bond donors (Lipinski definition) is 1. The molecular weight excluding hydrogens is 284 g/mol. The molecule has 1 aliphatic heterocycles. The molecule has 0 bridgehead atoms. The van der Waals surface area contributed by atoms with Gasteiger partial charge in [0.15, 0.2) is 8.32 Å². The third-order valence-electron chi connectivity index (χ3n) is 4.67. The highest BCUT2D eigenvalue weighted by atomic mass is 28.4. The second kappa shape index (κ2) is 6.20. The maximum absolute atomic E-state index is 10.2. The van der Waals surface area contributed by atoms with E-state index in [1.807, 2.05) is 0 Å². The molecule has 1 rings (SSSR count). The van der Waals surface area contributed by atoms with E-state index in [1.165, 1.54) is 0 Å². The van der Waals surface area contributed by atoms with E-state index in [0.29, 0.717) is 5.73 Å². The quantitative estimate of drug-likeness (QED) is 0.441. The summed E-state index contributed by atoms with van der Waals surface area (Å²) in [6.45, 7) is 19.0. The molecule has 2 unspecified atom stereocenters. The molecule has 0 radical (unpaired) electrons. The average molecular weight is 319 g/mol. The number of aliphatic hydroxyl groups excluding tert-OH is 1. The van der Waals surface area contributed by atoms with E-state index in [1.54, 1.807) is 0 Å². The maximum atomic E-state index is 10.2. The predicted molar refractivity (Wildman–Crippen MR) is 90.4 cm³/mol. The molecule has 1 N–H and O–H groups in total. The highest BCUT2D eigenvalue weighted by Gasteiger charge is 2.51. The minimum Gasteiger partial charge on any atom is -0.417 e. The van der Waals surface area contributed by atoms with Crippen LogP contribution in [0.2, 0.25) is 37.8 Å². The summed E-state index contributed by atoms with van der Waals surface area (Å²) in [4.78, 5) is 0. The van der Waals surface area contributed by atoms with Crippen molar-refractivity contribution in [1.29, 1.82) is 0 Å². The van der Waals surface area contributed by atoms with Crippen LogP contribution in [0, 0.1) is 0 Å². The van der Waals surface area contributed by atoms with Gasteiger partial charge in [0, 0.05) is 6.61 Å². The van der Waals surface area contributed by atoms with Gasteiger partial charge in [0.1, 0.15) is 6.10 Å². The van der Waals surface area contributed by atoms with Crippen molar-refractivity contribution in [2.24, 2.45) is 0 Å². The van der Waals surface area contributed by atoms with Gasteiger partial charge in [-0.15, -0.1) is 0 Å². The van der Waals surface area contributed by atoms with Crippen LogP contribution in [-0.2, 0) is 9.16 Å². The molecule has 0 spiro atoms. The molecule has 0 aliphatic carbocycles. The highest BCUT2D eigenvalue weighted by Crippen LogP contribution is 2.37. The van der Waals surface area contributed by atoms with Gasteiger partial charge in [-0.25, -0.2) is 0 Å². The summed E-state index contributed by atoms with van der Waals surface area (Å²) >= 11 is 0. The topological polar surface area (TPSA) is 42.0 Å². The van der Waals surface area contributed by atoms with Crippen LogP contribution in [0.5, 0.6) is 0 Å². The van der Waals surface area contributed by atoms with E-state index in [-0.39, 0.29) is 17.2 Å². The average Bonchev–Trinajstić information content (AvgIpc) is 3.01. The van der Waals surface area contributed by atoms with Crippen LogP contribution >= 0.6 is 0 Å². The molecule has 0 amide bonds. The van der Waals surface area contributed by atoms with Gasteiger partial charge in [0.2, 0.25) is 0 Å². The van der Waals surface area contributed by atoms with Gasteiger partial charge >= 0.3 is 0 Å². The van der Waals surface area contributed by atoms with Gasteiger partial charge in [0.05, 0.1) is 19.9 Å². The first-order valence-electron chi connectivity index (χ1n) is 7.84. The maximum Gasteiger partial charge on any atom is 0.191 e. The molecule has 5 heteroatoms. The van der Waals surface area contributed by atoms with Crippen molar-refractivity contribution in [2.75, 3.05) is 6.61 Å². The Kier molecular flexibility index (Phi) is 5.70. The van der Waals surface area contributed by atoms with Crippen LogP contribution in [0.4, 0.5) is 0 Å². The van der Waals surface area contributed by atoms with Crippen molar-refractivity contribution in [2.45, 2.75) is 89.3 Å². The Morgan fingerprint density at radius 2 is 1.70 bits per heavy atom. The van der Waals surface area contributed by atoms with Crippen LogP contribution in [0.15, 0.2) is 0 Å². The van der Waals surface area contributed by atoms with Crippen LogP contribution in [0.1, 0.15) is 33.6 Å². The Balaban J connectivity index is 2.23. The second-order valence-corrected chi connectivity index (χ2v) is 18.8. The van der Waals surface area contributed by atoms with Crippen molar-refractivity contribution >= 4 is 16.4 Å². The number of hydrogen-bond acceptors (Lipinski definition) is 3. The smallest absolute Gasteiger partial charge is 0.191 e. The first kappa shape index (κ1) is 18.4. The lowest BCUT2D eigenvalue weighted by molar-refractivity contribution is 0.117. The summed E-state index contributed by atoms with van der Waals surface area (Å²) < 4.78 is 11.8. The molecule has 120 valence electrons. The first-order valence-corrected chi connectivity index (χ1v) is 14.3. The lowest BCUT2D eigenvalue weighted by Gasteiger charge is -2.36. The summed E-state index contributed by atoms with van der Waals surface area (Å²) in [6, 6.07) is 0. The Morgan fingerprint density at radius 1 is 1.15 bits per heavy atom. The zero-order chi connectivity index (χ0) is 15.8. The van der Waals surface area contributed by atoms with E-state index in [0.717, 1.165) is 19.4 Å². The van der Waals surface area contributed by atoms with E-state index in [4.69, 9.17) is 9.16 Å². The molecule has 1 heterocycles. The molecule has 3 atom stereocenters. The van der Waals surface area contributed by atoms with Crippen molar-refractivity contribution in [3.8, 4) is 0 Å². The van der Waals surface area contributed by atoms with Crippen LogP contribution in [0.25, 0.3) is 0 Å². The summed E-state index contributed by atoms with van der Waals surface area (Å²) in [7, 11) is -2.90. The highest BCUT2D eigenvalue weighted by molar-refractivity contribution is 6.78. The summed E-state index contributed by atoms with van der Waals surface area (Å²) in [6.07, 6.45) is 1.50. The van der Waals surface area contributed by atoms with E-state index < -0.39 is 16.4 Å². The standard InChI is InChI=1S/C15H34O3Si2/c1-15(2,3)20(7,8)17-11-9-10-12(16)13-14(18-13)19(4,5)6/h12-14,16H,9-11H2,1-8H3/t12-,13?,14?/m0/s1. The molecule has 1 fully saturated rings. The van der Waals surface area contributed by atoms with Gasteiger partial charge in [-0.1, -0.05) is 40.4 Å². The number of aliphatic hydroxyl groups is 1. The van der Waals surface area contributed by atoms with Crippen molar-refractivity contribution in [3.63, 3.8) is 0 Å². The summed E-state index contributed by atoms with van der Waals surface area (Å²) in [5, 5.41) is 10.4. The largest absolute Gasteiger partial charge is 0.417 e. The second-order valence-electron chi connectivity index (χ2n) is 8.71. The van der Waals surface area contributed by atoms with Crippen LogP contribution < -0.4 is 0 Å². The fraction of sp³-hybridized carbons (Fsp3) is 1.00. The molecule has 20 heavy (non-hydrogen) atoms. The number of ether oxygens (including phenoxy) is 1. The lowest BCUT2D eigenvalue weighted by Crippen LogP contribution is -2.41. The summed E-state index contributed by atoms with van der Waals surface area (Å²) in [5.74, 6) is 0. The van der Waals surface area contributed by atoms with Gasteiger partial charge in [-0.3, -0.25) is 0 Å². The van der Waals surface area contributed by atoms with Gasteiger partial charge in [-0.2, -0.15) is 0 Å².